The molecule has 0 radical (unpaired) electrons. The maximum absolute atomic E-state index is 12.0. The molecule has 126 valence electrons. The molecule has 1 fully saturated rings. The Morgan fingerprint density at radius 2 is 2.17 bits per heavy atom. The monoisotopic (exact) mass is 321 g/mol. The molecular weight excluding hydrogens is 298 g/mol. The van der Waals surface area contributed by atoms with E-state index in [1.54, 1.807) is 6.92 Å². The van der Waals surface area contributed by atoms with Crippen LogP contribution in [-0.2, 0) is 4.79 Å². The quantitative estimate of drug-likeness (QED) is 0.592. The minimum atomic E-state index is -0.471. The number of hydrogen-bond acceptors (Lipinski definition) is 5. The molecule has 2 N–H and O–H groups in total. The Kier molecular flexibility index (Phi) is 6.06. The zero-order valence-corrected chi connectivity index (χ0v) is 13.3. The number of nitrogens with one attached hydrogen (secondary N) is 1. The van der Waals surface area contributed by atoms with E-state index in [0.717, 1.165) is 25.8 Å². The van der Waals surface area contributed by atoms with Crippen molar-refractivity contribution in [3.8, 4) is 0 Å². The van der Waals surface area contributed by atoms with E-state index in [0.29, 0.717) is 24.7 Å². The van der Waals surface area contributed by atoms with Crippen molar-refractivity contribution < 1.29 is 14.8 Å². The van der Waals surface area contributed by atoms with E-state index in [-0.39, 0.29) is 17.7 Å². The normalized spacial score (nSPS) is 19.5. The first-order valence-corrected chi connectivity index (χ1v) is 7.92. The van der Waals surface area contributed by atoms with Crippen molar-refractivity contribution in [3.05, 3.63) is 34.4 Å². The topological polar surface area (TPSA) is 95.7 Å². The van der Waals surface area contributed by atoms with Crippen molar-refractivity contribution in [2.24, 2.45) is 0 Å². The van der Waals surface area contributed by atoms with Gasteiger partial charge in [0.25, 0.3) is 5.69 Å². The third-order valence-corrected chi connectivity index (χ3v) is 4.10. The van der Waals surface area contributed by atoms with Gasteiger partial charge in [0.05, 0.1) is 11.0 Å². The predicted octanol–water partition coefficient (Wildman–Crippen LogP) is 2.16. The summed E-state index contributed by atoms with van der Waals surface area (Å²) in [6, 6.07) is 6.15. The molecule has 1 amide bonds. The summed E-state index contributed by atoms with van der Waals surface area (Å²) in [6.45, 7) is 3.41. The van der Waals surface area contributed by atoms with Crippen LogP contribution in [-0.4, -0.2) is 46.1 Å². The molecule has 0 aliphatic carbocycles. The minimum Gasteiger partial charge on any atom is -0.393 e. The van der Waals surface area contributed by atoms with Gasteiger partial charge in [-0.05, 0) is 44.9 Å². The predicted molar refractivity (Wildman–Crippen MR) is 87.2 cm³/mol. The number of nitro benzene ring substituents is 1. The van der Waals surface area contributed by atoms with Gasteiger partial charge in [0.1, 0.15) is 0 Å². The summed E-state index contributed by atoms with van der Waals surface area (Å²) in [5.41, 5.74) is 0.559. The molecule has 1 saturated heterocycles. The Labute approximate surface area is 135 Å². The number of aliphatic hydroxyl groups excluding tert-OH is 1. The molecule has 23 heavy (non-hydrogen) atoms. The van der Waals surface area contributed by atoms with Crippen LogP contribution in [0.4, 0.5) is 11.4 Å². The lowest BCUT2D eigenvalue weighted by atomic mass is 10.1. The van der Waals surface area contributed by atoms with Gasteiger partial charge in [0, 0.05) is 36.8 Å². The largest absolute Gasteiger partial charge is 0.393 e. The highest BCUT2D eigenvalue weighted by Gasteiger charge is 2.25. The molecular formula is C16H23N3O4. The average molecular weight is 321 g/mol. The van der Waals surface area contributed by atoms with Crippen LogP contribution in [0.5, 0.6) is 0 Å². The lowest BCUT2D eigenvalue weighted by Gasteiger charge is -2.25. The number of likely N-dealkylation sites (tertiary alicyclic amines) is 1. The van der Waals surface area contributed by atoms with E-state index >= 15 is 0 Å². The lowest BCUT2D eigenvalue weighted by Crippen LogP contribution is -2.34. The highest BCUT2D eigenvalue weighted by molar-refractivity contribution is 5.90. The first-order valence-electron chi connectivity index (χ1n) is 7.92. The number of rotatable bonds is 7. The Bertz CT molecular complexity index is 545. The van der Waals surface area contributed by atoms with Crippen molar-refractivity contribution >= 4 is 17.3 Å². The summed E-state index contributed by atoms with van der Waals surface area (Å²) in [5, 5.41) is 22.8. The summed E-state index contributed by atoms with van der Waals surface area (Å²) in [6.07, 6.45) is 2.95. The van der Waals surface area contributed by atoms with Gasteiger partial charge >= 0.3 is 0 Å². The molecule has 1 aliphatic rings. The number of benzene rings is 1. The molecule has 0 aromatic heterocycles. The van der Waals surface area contributed by atoms with Gasteiger partial charge in [-0.1, -0.05) is 0 Å². The Morgan fingerprint density at radius 1 is 1.48 bits per heavy atom. The Hall–Kier alpha value is -1.99. The van der Waals surface area contributed by atoms with E-state index in [1.807, 2.05) is 0 Å². The molecule has 1 aromatic carbocycles. The zero-order valence-electron chi connectivity index (χ0n) is 13.3. The molecule has 2 rings (SSSR count). The second kappa shape index (κ2) is 8.03. The fourth-order valence-corrected chi connectivity index (χ4v) is 2.99. The molecule has 0 saturated carbocycles. The number of carbonyl (C=O) groups excluding carboxylic acids is 1. The van der Waals surface area contributed by atoms with Gasteiger partial charge in [-0.2, -0.15) is 0 Å². The number of amides is 1. The molecule has 0 spiro atoms. The fraction of sp³-hybridized carbons (Fsp3) is 0.562. The third-order valence-electron chi connectivity index (χ3n) is 4.10. The Balaban J connectivity index is 1.79. The van der Waals surface area contributed by atoms with Crippen LogP contribution in [0.15, 0.2) is 24.3 Å². The van der Waals surface area contributed by atoms with Crippen molar-refractivity contribution in [1.29, 1.82) is 0 Å². The van der Waals surface area contributed by atoms with Crippen LogP contribution in [0, 0.1) is 10.1 Å². The van der Waals surface area contributed by atoms with E-state index < -0.39 is 4.92 Å². The van der Waals surface area contributed by atoms with Crippen molar-refractivity contribution in [3.63, 3.8) is 0 Å². The Morgan fingerprint density at radius 3 is 2.78 bits per heavy atom. The van der Waals surface area contributed by atoms with Crippen LogP contribution in [0.2, 0.25) is 0 Å². The smallest absolute Gasteiger partial charge is 0.269 e. The molecule has 1 aromatic rings. The van der Waals surface area contributed by atoms with E-state index in [9.17, 15) is 20.0 Å². The van der Waals surface area contributed by atoms with E-state index in [1.165, 1.54) is 24.3 Å². The average Bonchev–Trinajstić information content (AvgIpc) is 2.92. The van der Waals surface area contributed by atoms with Gasteiger partial charge in [-0.3, -0.25) is 19.8 Å². The van der Waals surface area contributed by atoms with Crippen LogP contribution in [0.25, 0.3) is 0 Å². The van der Waals surface area contributed by atoms with Crippen molar-refractivity contribution in [2.45, 2.75) is 44.8 Å². The number of non-ortho nitro benzene ring substituents is 1. The lowest BCUT2D eigenvalue weighted by molar-refractivity contribution is -0.384. The molecule has 2 unspecified atom stereocenters. The number of anilines is 1. The SMILES string of the molecule is CC(O)CC1CCCN1CCC(=O)Nc1ccc([N+](=O)[O-])cc1. The first kappa shape index (κ1) is 17.4. The van der Waals surface area contributed by atoms with Gasteiger partial charge in [-0.25, -0.2) is 0 Å². The summed E-state index contributed by atoms with van der Waals surface area (Å²) < 4.78 is 0. The van der Waals surface area contributed by atoms with Crippen LogP contribution >= 0.6 is 0 Å². The third kappa shape index (κ3) is 5.30. The summed E-state index contributed by atoms with van der Waals surface area (Å²) >= 11 is 0. The van der Waals surface area contributed by atoms with Crippen LogP contribution in [0.1, 0.15) is 32.6 Å². The molecule has 0 bridgehead atoms. The van der Waals surface area contributed by atoms with Gasteiger partial charge in [-0.15, -0.1) is 0 Å². The van der Waals surface area contributed by atoms with Crippen LogP contribution < -0.4 is 5.32 Å². The van der Waals surface area contributed by atoms with Gasteiger partial charge < -0.3 is 10.4 Å². The number of hydrogen-bond donors (Lipinski definition) is 2. The van der Waals surface area contributed by atoms with Gasteiger partial charge in [0.2, 0.25) is 5.91 Å². The maximum atomic E-state index is 12.0. The summed E-state index contributed by atoms with van der Waals surface area (Å²) in [7, 11) is 0. The molecule has 7 heteroatoms. The number of nitrogens with zero attached hydrogens (tertiary/aromatic N) is 2. The standard InChI is InChI=1S/C16H23N3O4/c1-12(20)11-15-3-2-9-18(15)10-8-16(21)17-13-4-6-14(7-5-13)19(22)23/h4-7,12,15,20H,2-3,8-11H2,1H3,(H,17,21). The summed E-state index contributed by atoms with van der Waals surface area (Å²) in [4.78, 5) is 24.4. The highest BCUT2D eigenvalue weighted by atomic mass is 16.6. The van der Waals surface area contributed by atoms with Crippen molar-refractivity contribution in [2.75, 3.05) is 18.4 Å². The van der Waals surface area contributed by atoms with Gasteiger partial charge in [0.15, 0.2) is 0 Å². The van der Waals surface area contributed by atoms with E-state index in [2.05, 4.69) is 10.2 Å². The second-order valence-corrected chi connectivity index (χ2v) is 6.02. The summed E-state index contributed by atoms with van der Waals surface area (Å²) in [5.74, 6) is -0.110. The first-order chi connectivity index (χ1) is 11.0. The second-order valence-electron chi connectivity index (χ2n) is 6.02. The molecule has 7 nitrogen and oxygen atoms in total. The maximum Gasteiger partial charge on any atom is 0.269 e. The molecule has 2 atom stereocenters. The zero-order chi connectivity index (χ0) is 16.8. The fourth-order valence-electron chi connectivity index (χ4n) is 2.99. The minimum absolute atomic E-state index is 0.000954. The number of carbonyl (C=O) groups is 1. The number of nitro groups is 1. The molecule has 1 heterocycles. The number of aliphatic hydroxyl groups is 1. The van der Waals surface area contributed by atoms with Crippen molar-refractivity contribution in [1.82, 2.24) is 4.90 Å². The van der Waals surface area contributed by atoms with Crippen LogP contribution in [0.3, 0.4) is 0 Å². The van der Waals surface area contributed by atoms with E-state index in [4.69, 9.17) is 0 Å². The highest BCUT2D eigenvalue weighted by Crippen LogP contribution is 2.21. The molecule has 1 aliphatic heterocycles.